The van der Waals surface area contributed by atoms with Gasteiger partial charge in [0.25, 0.3) is 0 Å². The van der Waals surface area contributed by atoms with Gasteiger partial charge in [-0.15, -0.1) is 12.4 Å². The fraction of sp³-hybridized carbons (Fsp3) is 0.579. The molecule has 5 nitrogen and oxygen atoms in total. The van der Waals surface area contributed by atoms with Crippen molar-refractivity contribution >= 4 is 29.9 Å². The van der Waals surface area contributed by atoms with Crippen molar-refractivity contribution in [3.8, 4) is 0 Å². The van der Waals surface area contributed by atoms with E-state index in [1.54, 1.807) is 4.90 Å². The molecule has 1 aromatic carbocycles. The van der Waals surface area contributed by atoms with E-state index in [1.165, 1.54) is 5.56 Å². The highest BCUT2D eigenvalue weighted by molar-refractivity contribution is 6.00. The van der Waals surface area contributed by atoms with Gasteiger partial charge in [0.15, 0.2) is 0 Å². The molecule has 0 aromatic heterocycles. The van der Waals surface area contributed by atoms with Crippen molar-refractivity contribution in [1.29, 1.82) is 0 Å². The van der Waals surface area contributed by atoms with Crippen LogP contribution in [-0.2, 0) is 16.0 Å². The Morgan fingerprint density at radius 3 is 2.68 bits per heavy atom. The van der Waals surface area contributed by atoms with Crippen molar-refractivity contribution in [1.82, 2.24) is 10.2 Å². The van der Waals surface area contributed by atoms with E-state index in [9.17, 15) is 9.59 Å². The second kappa shape index (κ2) is 9.20. The van der Waals surface area contributed by atoms with Crippen LogP contribution in [0.1, 0.15) is 31.7 Å². The molecule has 1 aromatic rings. The van der Waals surface area contributed by atoms with Gasteiger partial charge in [-0.25, -0.2) is 0 Å². The van der Waals surface area contributed by atoms with Gasteiger partial charge in [0, 0.05) is 38.3 Å². The lowest BCUT2D eigenvalue weighted by Crippen LogP contribution is -2.39. The van der Waals surface area contributed by atoms with Gasteiger partial charge in [-0.1, -0.05) is 25.5 Å². The Bertz CT molecular complexity index is 583. The number of nitrogens with zero attached hydrogens (tertiary/aromatic N) is 2. The second-order valence-corrected chi connectivity index (χ2v) is 6.75. The van der Waals surface area contributed by atoms with Gasteiger partial charge in [0.05, 0.1) is 5.92 Å². The monoisotopic (exact) mass is 365 g/mol. The van der Waals surface area contributed by atoms with Crippen molar-refractivity contribution < 1.29 is 9.59 Å². The number of amides is 2. The summed E-state index contributed by atoms with van der Waals surface area (Å²) in [4.78, 5) is 28.8. The smallest absolute Gasteiger partial charge is 0.228 e. The number of halogens is 1. The highest BCUT2D eigenvalue weighted by atomic mass is 35.5. The molecule has 3 rings (SSSR count). The molecule has 2 aliphatic heterocycles. The lowest BCUT2D eigenvalue weighted by molar-refractivity contribution is -0.135. The Hall–Kier alpha value is -1.59. The number of carbonyl (C=O) groups excluding carboxylic acids is 2. The molecule has 0 bridgehead atoms. The normalized spacial score (nSPS) is 21.0. The summed E-state index contributed by atoms with van der Waals surface area (Å²) in [5.41, 5.74) is 2.20. The fourth-order valence-corrected chi connectivity index (χ4v) is 3.58. The topological polar surface area (TPSA) is 52.7 Å². The summed E-state index contributed by atoms with van der Waals surface area (Å²) < 4.78 is 0. The Morgan fingerprint density at radius 2 is 1.96 bits per heavy atom. The molecule has 2 amide bonds. The fourth-order valence-electron chi connectivity index (χ4n) is 3.58. The molecule has 25 heavy (non-hydrogen) atoms. The molecule has 2 saturated heterocycles. The van der Waals surface area contributed by atoms with Gasteiger partial charge >= 0.3 is 0 Å². The molecule has 0 spiro atoms. The first-order valence-electron chi connectivity index (χ1n) is 9.08. The molecular weight excluding hydrogens is 338 g/mol. The minimum Gasteiger partial charge on any atom is -0.341 e. The molecule has 2 fully saturated rings. The van der Waals surface area contributed by atoms with Crippen LogP contribution in [0.4, 0.5) is 5.69 Å². The lowest BCUT2D eigenvalue weighted by atomic mass is 10.1. The number of hydrogen-bond acceptors (Lipinski definition) is 3. The molecule has 2 heterocycles. The van der Waals surface area contributed by atoms with Crippen LogP contribution in [0.2, 0.25) is 0 Å². The maximum Gasteiger partial charge on any atom is 0.228 e. The first-order valence-corrected chi connectivity index (χ1v) is 9.08. The number of aryl methyl sites for hydroxylation is 1. The van der Waals surface area contributed by atoms with E-state index in [0.717, 1.165) is 51.1 Å². The van der Waals surface area contributed by atoms with E-state index in [-0.39, 0.29) is 30.1 Å². The van der Waals surface area contributed by atoms with Gasteiger partial charge in [0.1, 0.15) is 0 Å². The zero-order valence-electron chi connectivity index (χ0n) is 14.9. The summed E-state index contributed by atoms with van der Waals surface area (Å²) in [5, 5.41) is 3.31. The van der Waals surface area contributed by atoms with Gasteiger partial charge in [-0.2, -0.15) is 0 Å². The molecule has 0 aliphatic carbocycles. The molecule has 1 atom stereocenters. The minimum atomic E-state index is -0.203. The summed E-state index contributed by atoms with van der Waals surface area (Å²) in [7, 11) is 0. The summed E-state index contributed by atoms with van der Waals surface area (Å²) >= 11 is 0. The number of anilines is 1. The van der Waals surface area contributed by atoms with Gasteiger partial charge < -0.3 is 15.1 Å². The van der Waals surface area contributed by atoms with E-state index in [2.05, 4.69) is 24.4 Å². The average Bonchev–Trinajstić information content (AvgIpc) is 2.81. The van der Waals surface area contributed by atoms with E-state index >= 15 is 0 Å². The number of hydrogen-bond donors (Lipinski definition) is 1. The molecule has 1 unspecified atom stereocenters. The van der Waals surface area contributed by atoms with E-state index in [0.29, 0.717) is 13.0 Å². The molecule has 0 saturated carbocycles. The first-order chi connectivity index (χ1) is 11.7. The van der Waals surface area contributed by atoms with Crippen LogP contribution in [0, 0.1) is 5.92 Å². The quantitative estimate of drug-likeness (QED) is 0.890. The number of benzene rings is 1. The van der Waals surface area contributed by atoms with Gasteiger partial charge in [-0.3, -0.25) is 9.59 Å². The van der Waals surface area contributed by atoms with Crippen LogP contribution < -0.4 is 10.2 Å². The number of rotatable bonds is 4. The molecule has 1 N–H and O–H groups in total. The minimum absolute atomic E-state index is 0. The average molecular weight is 366 g/mol. The van der Waals surface area contributed by atoms with Crippen molar-refractivity contribution in [2.24, 2.45) is 5.92 Å². The van der Waals surface area contributed by atoms with Crippen molar-refractivity contribution in [3.63, 3.8) is 0 Å². The van der Waals surface area contributed by atoms with Crippen LogP contribution in [0.3, 0.4) is 0 Å². The van der Waals surface area contributed by atoms with Crippen LogP contribution in [0.25, 0.3) is 0 Å². The zero-order chi connectivity index (χ0) is 16.9. The third kappa shape index (κ3) is 4.73. The number of carbonyl (C=O) groups is 2. The maximum atomic E-state index is 12.7. The van der Waals surface area contributed by atoms with Crippen LogP contribution in [-0.4, -0.2) is 49.4 Å². The Kier molecular flexibility index (Phi) is 7.26. The Morgan fingerprint density at radius 1 is 1.20 bits per heavy atom. The van der Waals surface area contributed by atoms with Crippen molar-refractivity contribution in [3.05, 3.63) is 29.8 Å². The van der Waals surface area contributed by atoms with Crippen LogP contribution in [0.5, 0.6) is 0 Å². The van der Waals surface area contributed by atoms with E-state index in [1.807, 2.05) is 17.0 Å². The summed E-state index contributed by atoms with van der Waals surface area (Å²) in [6, 6.07) is 8.18. The molecular formula is C19H28ClN3O2. The van der Waals surface area contributed by atoms with Crippen molar-refractivity contribution in [2.45, 2.75) is 32.6 Å². The third-order valence-corrected chi connectivity index (χ3v) is 4.91. The first kappa shape index (κ1) is 19.7. The number of nitrogens with one attached hydrogen (secondary N) is 1. The van der Waals surface area contributed by atoms with Crippen LogP contribution in [0.15, 0.2) is 24.3 Å². The standard InChI is InChI=1S/C19H27N3O2.ClH/c1-2-4-15-5-7-17(8-6-15)22-14-16(13-18(22)23)19(24)21-11-3-9-20-10-12-21;/h5-8,16,20H,2-4,9-14H2,1H3;1H. The summed E-state index contributed by atoms with van der Waals surface area (Å²) in [6.45, 7) is 6.01. The highest BCUT2D eigenvalue weighted by Gasteiger charge is 2.37. The molecule has 138 valence electrons. The van der Waals surface area contributed by atoms with Gasteiger partial charge in [-0.05, 0) is 37.1 Å². The Balaban J connectivity index is 0.00000225. The lowest BCUT2D eigenvalue weighted by Gasteiger charge is -2.23. The summed E-state index contributed by atoms with van der Waals surface area (Å²) in [5.74, 6) is -0.00684. The van der Waals surface area contributed by atoms with E-state index < -0.39 is 0 Å². The summed E-state index contributed by atoms with van der Waals surface area (Å²) in [6.07, 6.45) is 3.48. The third-order valence-electron chi connectivity index (χ3n) is 4.91. The van der Waals surface area contributed by atoms with E-state index in [4.69, 9.17) is 0 Å². The zero-order valence-corrected chi connectivity index (χ0v) is 15.7. The highest BCUT2D eigenvalue weighted by Crippen LogP contribution is 2.27. The van der Waals surface area contributed by atoms with Crippen molar-refractivity contribution in [2.75, 3.05) is 37.6 Å². The predicted molar refractivity (Wildman–Crippen MR) is 102 cm³/mol. The molecule has 0 radical (unpaired) electrons. The Labute approximate surface area is 156 Å². The second-order valence-electron chi connectivity index (χ2n) is 6.75. The van der Waals surface area contributed by atoms with Gasteiger partial charge in [0.2, 0.25) is 11.8 Å². The molecule has 6 heteroatoms. The predicted octanol–water partition coefficient (Wildman–Crippen LogP) is 2.24. The SMILES string of the molecule is CCCc1ccc(N2CC(C(=O)N3CCCNCC3)CC2=O)cc1.Cl. The largest absolute Gasteiger partial charge is 0.341 e. The maximum absolute atomic E-state index is 12.7. The molecule has 2 aliphatic rings. The van der Waals surface area contributed by atoms with Crippen LogP contribution >= 0.6 is 12.4 Å².